The highest BCUT2D eigenvalue weighted by Gasteiger charge is 2.10. The number of nitro benzene ring substituents is 1. The van der Waals surface area contributed by atoms with E-state index in [1.165, 1.54) is 36.5 Å². The van der Waals surface area contributed by atoms with E-state index in [1.807, 2.05) is 0 Å². The van der Waals surface area contributed by atoms with Crippen molar-refractivity contribution in [3.05, 3.63) is 69.0 Å². The van der Waals surface area contributed by atoms with Crippen molar-refractivity contribution < 1.29 is 19.2 Å². The maximum absolute atomic E-state index is 13.1. The highest BCUT2D eigenvalue weighted by Crippen LogP contribution is 2.21. The third-order valence-corrected chi connectivity index (χ3v) is 4.03. The van der Waals surface area contributed by atoms with Gasteiger partial charge in [-0.1, -0.05) is 11.6 Å². The summed E-state index contributed by atoms with van der Waals surface area (Å²) in [6.07, 6.45) is 1.32. The van der Waals surface area contributed by atoms with Crippen LogP contribution in [0.3, 0.4) is 0 Å². The van der Waals surface area contributed by atoms with Crippen LogP contribution in [0.2, 0.25) is 5.02 Å². The molecule has 34 heavy (non-hydrogen) atoms. The van der Waals surface area contributed by atoms with Gasteiger partial charge in [-0.15, -0.1) is 0 Å². The highest BCUT2D eigenvalue weighted by atomic mass is 35.5. The van der Waals surface area contributed by atoms with Gasteiger partial charge in [-0.05, 0) is 30.3 Å². The number of anilines is 4. The van der Waals surface area contributed by atoms with E-state index in [4.69, 9.17) is 21.5 Å². The summed E-state index contributed by atoms with van der Waals surface area (Å²) >= 11 is 6.05. The molecular formula is C20H20ClFN8O4. The first-order chi connectivity index (χ1) is 16.0. The fourth-order valence-electron chi connectivity index (χ4n) is 2.24. The number of rotatable bonds is 7. The first-order valence-electron chi connectivity index (χ1n) is 9.43. The van der Waals surface area contributed by atoms with Gasteiger partial charge in [-0.2, -0.15) is 20.1 Å². The lowest BCUT2D eigenvalue weighted by atomic mass is 10.2. The number of carbonyl (C=O) groups is 1. The monoisotopic (exact) mass is 490 g/mol. The second-order valence-electron chi connectivity index (χ2n) is 6.66. The standard InChI is InChI=1S/C18H16ClFN8O2.C2H4O2/c1-27(2)18-24-16(22-13-5-3-12(20)4-6-13)23-17(25-18)26-21-10-11-9-14(28(29)30)7-8-15(11)19;1-2(3)4/h3-10H,1-2H3,(H2,22,23,24,25,26);1H3,(H,3,4). The molecule has 1 heterocycles. The molecule has 0 atom stereocenters. The minimum absolute atomic E-state index is 0.110. The fourth-order valence-corrected chi connectivity index (χ4v) is 2.40. The van der Waals surface area contributed by atoms with Crippen LogP contribution in [0.15, 0.2) is 47.6 Å². The van der Waals surface area contributed by atoms with Crippen LogP contribution in [0, 0.1) is 15.9 Å². The summed E-state index contributed by atoms with van der Waals surface area (Å²) in [5.74, 6) is -0.509. The molecule has 0 unspecified atom stereocenters. The van der Waals surface area contributed by atoms with Crippen molar-refractivity contribution in [2.75, 3.05) is 29.7 Å². The Kier molecular flexibility index (Phi) is 9.14. The number of carboxylic acids is 1. The maximum Gasteiger partial charge on any atom is 0.300 e. The summed E-state index contributed by atoms with van der Waals surface area (Å²) in [6, 6.07) is 9.72. The molecule has 0 saturated heterocycles. The lowest BCUT2D eigenvalue weighted by Gasteiger charge is -2.13. The summed E-state index contributed by atoms with van der Waals surface area (Å²) in [5.41, 5.74) is 3.48. The maximum atomic E-state index is 13.1. The molecule has 0 fully saturated rings. The van der Waals surface area contributed by atoms with Gasteiger partial charge in [-0.3, -0.25) is 14.9 Å². The molecule has 3 N–H and O–H groups in total. The Balaban J connectivity index is 0.000000945. The first-order valence-corrected chi connectivity index (χ1v) is 9.81. The summed E-state index contributed by atoms with van der Waals surface area (Å²) in [6.45, 7) is 1.08. The number of non-ortho nitro benzene ring substituents is 1. The van der Waals surface area contributed by atoms with Gasteiger partial charge in [0, 0.05) is 49.4 Å². The van der Waals surface area contributed by atoms with Crippen LogP contribution in [-0.2, 0) is 4.79 Å². The van der Waals surface area contributed by atoms with E-state index in [0.717, 1.165) is 6.92 Å². The molecule has 0 radical (unpaired) electrons. The van der Waals surface area contributed by atoms with Gasteiger partial charge < -0.3 is 15.3 Å². The summed E-state index contributed by atoms with van der Waals surface area (Å²) in [5, 5.41) is 25.6. The third kappa shape index (κ3) is 8.27. The minimum Gasteiger partial charge on any atom is -0.481 e. The predicted molar refractivity (Wildman–Crippen MR) is 126 cm³/mol. The number of carboxylic acid groups (broad SMARTS) is 1. The van der Waals surface area contributed by atoms with E-state index >= 15 is 0 Å². The Hall–Kier alpha value is -4.39. The Morgan fingerprint density at radius 1 is 1.18 bits per heavy atom. The Morgan fingerprint density at radius 2 is 1.79 bits per heavy atom. The lowest BCUT2D eigenvalue weighted by molar-refractivity contribution is -0.384. The Morgan fingerprint density at radius 3 is 2.38 bits per heavy atom. The molecule has 3 rings (SSSR count). The van der Waals surface area contributed by atoms with E-state index < -0.39 is 10.9 Å². The summed E-state index contributed by atoms with van der Waals surface area (Å²) in [7, 11) is 3.51. The number of hydrazone groups is 1. The van der Waals surface area contributed by atoms with Gasteiger partial charge in [0.2, 0.25) is 17.8 Å². The van der Waals surface area contributed by atoms with Crippen LogP contribution in [0.4, 0.5) is 33.6 Å². The number of benzene rings is 2. The van der Waals surface area contributed by atoms with Crippen molar-refractivity contribution in [1.29, 1.82) is 0 Å². The van der Waals surface area contributed by atoms with E-state index in [-0.39, 0.29) is 23.4 Å². The van der Waals surface area contributed by atoms with Crippen LogP contribution < -0.4 is 15.6 Å². The lowest BCUT2D eigenvalue weighted by Crippen LogP contribution is -2.15. The van der Waals surface area contributed by atoms with E-state index in [0.29, 0.717) is 22.2 Å². The summed E-state index contributed by atoms with van der Waals surface area (Å²) < 4.78 is 13.1. The van der Waals surface area contributed by atoms with Gasteiger partial charge in [0.15, 0.2) is 0 Å². The molecule has 0 aliphatic rings. The number of halogens is 2. The van der Waals surface area contributed by atoms with E-state index in [9.17, 15) is 14.5 Å². The number of aliphatic carboxylic acids is 1. The van der Waals surface area contributed by atoms with Crippen molar-refractivity contribution in [3.8, 4) is 0 Å². The molecule has 0 bridgehead atoms. The second kappa shape index (κ2) is 12.0. The normalized spacial score (nSPS) is 10.3. The average Bonchev–Trinajstić information content (AvgIpc) is 2.76. The molecule has 0 aliphatic heterocycles. The second-order valence-corrected chi connectivity index (χ2v) is 7.07. The Labute approximate surface area is 198 Å². The zero-order valence-corrected chi connectivity index (χ0v) is 19.0. The zero-order valence-electron chi connectivity index (χ0n) is 18.2. The molecule has 3 aromatic rings. The average molecular weight is 491 g/mol. The van der Waals surface area contributed by atoms with Crippen molar-refractivity contribution >= 4 is 53.0 Å². The molecule has 1 aromatic heterocycles. The predicted octanol–water partition coefficient (Wildman–Crippen LogP) is 3.92. The Bertz CT molecular complexity index is 1190. The van der Waals surface area contributed by atoms with Crippen molar-refractivity contribution in [2.24, 2.45) is 5.10 Å². The first kappa shape index (κ1) is 25.9. The topological polar surface area (TPSA) is 159 Å². The summed E-state index contributed by atoms with van der Waals surface area (Å²) in [4.78, 5) is 33.8. The van der Waals surface area contributed by atoms with Crippen LogP contribution in [0.25, 0.3) is 0 Å². The van der Waals surface area contributed by atoms with E-state index in [1.54, 1.807) is 31.1 Å². The van der Waals surface area contributed by atoms with Gasteiger partial charge >= 0.3 is 0 Å². The molecule has 0 spiro atoms. The number of aromatic nitrogens is 3. The molecule has 0 aliphatic carbocycles. The van der Waals surface area contributed by atoms with Gasteiger partial charge in [0.25, 0.3) is 11.7 Å². The molecule has 2 aromatic carbocycles. The number of nitro groups is 1. The van der Waals surface area contributed by atoms with Crippen LogP contribution in [0.5, 0.6) is 0 Å². The molecule has 178 valence electrons. The van der Waals surface area contributed by atoms with Crippen LogP contribution >= 0.6 is 11.6 Å². The largest absolute Gasteiger partial charge is 0.481 e. The van der Waals surface area contributed by atoms with Crippen LogP contribution in [-0.4, -0.2) is 51.3 Å². The number of nitrogens with one attached hydrogen (secondary N) is 2. The van der Waals surface area contributed by atoms with Gasteiger partial charge in [0.05, 0.1) is 11.1 Å². The number of hydrogen-bond acceptors (Lipinski definition) is 10. The van der Waals surface area contributed by atoms with Gasteiger partial charge in [0.1, 0.15) is 5.82 Å². The smallest absolute Gasteiger partial charge is 0.300 e. The highest BCUT2D eigenvalue weighted by molar-refractivity contribution is 6.33. The van der Waals surface area contributed by atoms with Crippen molar-refractivity contribution in [2.45, 2.75) is 6.92 Å². The molecule has 12 nitrogen and oxygen atoms in total. The molecule has 0 amide bonds. The van der Waals surface area contributed by atoms with Crippen molar-refractivity contribution in [1.82, 2.24) is 15.0 Å². The molecular weight excluding hydrogens is 471 g/mol. The SMILES string of the molecule is CC(=O)O.CN(C)c1nc(NN=Cc2cc([N+](=O)[O-])ccc2Cl)nc(Nc2ccc(F)cc2)n1. The minimum atomic E-state index is -0.833. The number of hydrogen-bond donors (Lipinski definition) is 3. The van der Waals surface area contributed by atoms with Gasteiger partial charge in [-0.25, -0.2) is 9.82 Å². The fraction of sp³-hybridized carbons (Fsp3) is 0.150. The van der Waals surface area contributed by atoms with Crippen molar-refractivity contribution in [3.63, 3.8) is 0 Å². The zero-order chi connectivity index (χ0) is 25.3. The van der Waals surface area contributed by atoms with Crippen LogP contribution in [0.1, 0.15) is 12.5 Å². The third-order valence-electron chi connectivity index (χ3n) is 3.68. The quantitative estimate of drug-likeness (QED) is 0.251. The van der Waals surface area contributed by atoms with E-state index in [2.05, 4.69) is 30.8 Å². The molecule has 14 heteroatoms. The molecule has 0 saturated carbocycles. The number of nitrogens with zero attached hydrogens (tertiary/aromatic N) is 6.